The number of ether oxygens (including phenoxy) is 1. The molecule has 2 aromatic rings. The molecule has 0 saturated carbocycles. The number of rotatable bonds is 4. The topological polar surface area (TPSA) is 31.2 Å². The van der Waals surface area contributed by atoms with Gasteiger partial charge in [-0.15, -0.1) is 0 Å². The van der Waals surface area contributed by atoms with Crippen molar-refractivity contribution in [2.45, 2.75) is 26.3 Å². The van der Waals surface area contributed by atoms with E-state index >= 15 is 0 Å². The number of carbonyl (C=O) groups excluding carboxylic acids is 1. The van der Waals surface area contributed by atoms with Gasteiger partial charge in [0.15, 0.2) is 0 Å². The molecule has 1 heterocycles. The Labute approximate surface area is 118 Å². The van der Waals surface area contributed by atoms with Gasteiger partial charge in [0, 0.05) is 11.9 Å². The summed E-state index contributed by atoms with van der Waals surface area (Å²) in [6.45, 7) is 4.32. The van der Waals surface area contributed by atoms with Crippen molar-refractivity contribution in [3.05, 3.63) is 48.0 Å². The standard InChI is InChI=1S/C16H18FNO2/c1-11(2)15-8-13(9-18(15)10-16(19)20-3)12-4-6-14(17)7-5-12/h4-9,11H,10H2,1-3H3. The van der Waals surface area contributed by atoms with E-state index in [1.807, 2.05) is 16.8 Å². The van der Waals surface area contributed by atoms with Crippen molar-refractivity contribution in [3.63, 3.8) is 0 Å². The molecule has 0 aliphatic carbocycles. The molecule has 20 heavy (non-hydrogen) atoms. The van der Waals surface area contributed by atoms with Crippen LogP contribution in [0.3, 0.4) is 0 Å². The quantitative estimate of drug-likeness (QED) is 0.798. The molecule has 0 bridgehead atoms. The molecule has 4 heteroatoms. The van der Waals surface area contributed by atoms with Crippen LogP contribution in [0.1, 0.15) is 25.5 Å². The molecule has 1 aromatic carbocycles. The lowest BCUT2D eigenvalue weighted by molar-refractivity contribution is -0.141. The maximum absolute atomic E-state index is 13.0. The molecule has 0 atom stereocenters. The highest BCUT2D eigenvalue weighted by Crippen LogP contribution is 2.26. The van der Waals surface area contributed by atoms with Crippen LogP contribution in [0.25, 0.3) is 11.1 Å². The number of benzene rings is 1. The predicted molar refractivity (Wildman–Crippen MR) is 75.9 cm³/mol. The van der Waals surface area contributed by atoms with Gasteiger partial charge in [-0.05, 0) is 35.2 Å². The molecule has 0 radical (unpaired) electrons. The Balaban J connectivity index is 2.38. The predicted octanol–water partition coefficient (Wildman–Crippen LogP) is 3.59. The fourth-order valence-corrected chi connectivity index (χ4v) is 2.16. The molecule has 0 saturated heterocycles. The van der Waals surface area contributed by atoms with E-state index < -0.39 is 0 Å². The number of aromatic nitrogens is 1. The number of carbonyl (C=O) groups is 1. The molecule has 0 spiro atoms. The summed E-state index contributed by atoms with van der Waals surface area (Å²) in [7, 11) is 1.38. The summed E-state index contributed by atoms with van der Waals surface area (Å²) in [5, 5.41) is 0. The first-order valence-electron chi connectivity index (χ1n) is 6.54. The van der Waals surface area contributed by atoms with Gasteiger partial charge in [0.05, 0.1) is 7.11 Å². The molecule has 0 unspecified atom stereocenters. The van der Waals surface area contributed by atoms with E-state index in [1.54, 1.807) is 12.1 Å². The lowest BCUT2D eigenvalue weighted by Gasteiger charge is -2.09. The summed E-state index contributed by atoms with van der Waals surface area (Å²) in [6, 6.07) is 8.36. The molecule has 106 valence electrons. The molecular formula is C16H18FNO2. The highest BCUT2D eigenvalue weighted by atomic mass is 19.1. The zero-order valence-electron chi connectivity index (χ0n) is 11.9. The summed E-state index contributed by atoms with van der Waals surface area (Å²) >= 11 is 0. The van der Waals surface area contributed by atoms with E-state index in [1.165, 1.54) is 19.2 Å². The van der Waals surface area contributed by atoms with Crippen molar-refractivity contribution >= 4 is 5.97 Å². The zero-order valence-corrected chi connectivity index (χ0v) is 11.9. The lowest BCUT2D eigenvalue weighted by atomic mass is 10.1. The minimum atomic E-state index is -0.284. The Kier molecular flexibility index (Phi) is 4.23. The highest BCUT2D eigenvalue weighted by molar-refractivity contribution is 5.70. The fourth-order valence-electron chi connectivity index (χ4n) is 2.16. The molecule has 0 aliphatic heterocycles. The van der Waals surface area contributed by atoms with Gasteiger partial charge in [-0.25, -0.2) is 4.39 Å². The van der Waals surface area contributed by atoms with Crippen molar-refractivity contribution in [1.29, 1.82) is 0 Å². The number of halogens is 1. The van der Waals surface area contributed by atoms with E-state index in [0.29, 0.717) is 0 Å². The first-order chi connectivity index (χ1) is 9.51. The van der Waals surface area contributed by atoms with Gasteiger partial charge in [-0.1, -0.05) is 26.0 Å². The van der Waals surface area contributed by atoms with Crippen LogP contribution in [-0.4, -0.2) is 17.6 Å². The van der Waals surface area contributed by atoms with Gasteiger partial charge in [0.25, 0.3) is 0 Å². The van der Waals surface area contributed by atoms with Crippen molar-refractivity contribution in [1.82, 2.24) is 4.57 Å². The van der Waals surface area contributed by atoms with E-state index in [9.17, 15) is 9.18 Å². The Bertz CT molecular complexity index is 599. The smallest absolute Gasteiger partial charge is 0.325 e. The summed E-state index contributed by atoms with van der Waals surface area (Å²) in [6.07, 6.45) is 1.90. The van der Waals surface area contributed by atoms with Crippen LogP contribution in [0, 0.1) is 5.82 Å². The maximum atomic E-state index is 13.0. The van der Waals surface area contributed by atoms with Gasteiger partial charge < -0.3 is 9.30 Å². The van der Waals surface area contributed by atoms with Crippen LogP contribution in [-0.2, 0) is 16.1 Å². The van der Waals surface area contributed by atoms with Crippen LogP contribution in [0.5, 0.6) is 0 Å². The molecule has 3 nitrogen and oxygen atoms in total. The molecule has 2 rings (SSSR count). The molecule has 0 aliphatic rings. The third kappa shape index (κ3) is 3.07. The second kappa shape index (κ2) is 5.90. The largest absolute Gasteiger partial charge is 0.468 e. The number of hydrogen-bond acceptors (Lipinski definition) is 2. The van der Waals surface area contributed by atoms with Gasteiger partial charge in [-0.3, -0.25) is 4.79 Å². The van der Waals surface area contributed by atoms with Crippen molar-refractivity contribution in [2.24, 2.45) is 0 Å². The Morgan fingerprint density at radius 2 is 1.90 bits per heavy atom. The summed E-state index contributed by atoms with van der Waals surface area (Å²) in [4.78, 5) is 11.5. The average Bonchev–Trinajstić information content (AvgIpc) is 2.83. The summed E-state index contributed by atoms with van der Waals surface area (Å²) < 4.78 is 19.6. The molecule has 0 amide bonds. The summed E-state index contributed by atoms with van der Waals surface area (Å²) in [5.74, 6) is -0.256. The Morgan fingerprint density at radius 1 is 1.25 bits per heavy atom. The third-order valence-corrected chi connectivity index (χ3v) is 3.23. The van der Waals surface area contributed by atoms with Gasteiger partial charge in [0.1, 0.15) is 12.4 Å². The van der Waals surface area contributed by atoms with Crippen LogP contribution in [0.15, 0.2) is 36.5 Å². The van der Waals surface area contributed by atoms with Gasteiger partial charge in [-0.2, -0.15) is 0 Å². The van der Waals surface area contributed by atoms with Crippen molar-refractivity contribution < 1.29 is 13.9 Å². The first kappa shape index (κ1) is 14.3. The molecule has 1 aromatic heterocycles. The summed E-state index contributed by atoms with van der Waals surface area (Å²) in [5.41, 5.74) is 2.95. The van der Waals surface area contributed by atoms with E-state index in [0.717, 1.165) is 16.8 Å². The van der Waals surface area contributed by atoms with Crippen molar-refractivity contribution in [2.75, 3.05) is 7.11 Å². The second-order valence-electron chi connectivity index (χ2n) is 5.02. The average molecular weight is 275 g/mol. The zero-order chi connectivity index (χ0) is 14.7. The number of nitrogens with zero attached hydrogens (tertiary/aromatic N) is 1. The number of esters is 1. The highest BCUT2D eigenvalue weighted by Gasteiger charge is 2.13. The minimum Gasteiger partial charge on any atom is -0.468 e. The van der Waals surface area contributed by atoms with E-state index in [4.69, 9.17) is 4.74 Å². The number of hydrogen-bond donors (Lipinski definition) is 0. The fraction of sp³-hybridized carbons (Fsp3) is 0.312. The minimum absolute atomic E-state index is 0.186. The normalized spacial score (nSPS) is 10.8. The van der Waals surface area contributed by atoms with Gasteiger partial charge >= 0.3 is 5.97 Å². The van der Waals surface area contributed by atoms with Crippen LogP contribution in [0.2, 0.25) is 0 Å². The van der Waals surface area contributed by atoms with Gasteiger partial charge in [0.2, 0.25) is 0 Å². The monoisotopic (exact) mass is 275 g/mol. The molecule has 0 fully saturated rings. The third-order valence-electron chi connectivity index (χ3n) is 3.23. The lowest BCUT2D eigenvalue weighted by Crippen LogP contribution is -2.13. The maximum Gasteiger partial charge on any atom is 0.325 e. The Morgan fingerprint density at radius 3 is 2.45 bits per heavy atom. The van der Waals surface area contributed by atoms with Crippen LogP contribution >= 0.6 is 0 Å². The van der Waals surface area contributed by atoms with E-state index in [-0.39, 0.29) is 24.2 Å². The van der Waals surface area contributed by atoms with Crippen LogP contribution < -0.4 is 0 Å². The Hall–Kier alpha value is -2.10. The van der Waals surface area contributed by atoms with Crippen molar-refractivity contribution in [3.8, 4) is 11.1 Å². The molecule has 0 N–H and O–H groups in total. The van der Waals surface area contributed by atoms with E-state index in [2.05, 4.69) is 13.8 Å². The first-order valence-corrected chi connectivity index (χ1v) is 6.54. The van der Waals surface area contributed by atoms with Crippen LogP contribution in [0.4, 0.5) is 4.39 Å². The SMILES string of the molecule is COC(=O)Cn1cc(-c2ccc(F)cc2)cc1C(C)C. The molecular weight excluding hydrogens is 257 g/mol. The number of methoxy groups -OCH3 is 1. The second-order valence-corrected chi connectivity index (χ2v) is 5.02.